The van der Waals surface area contributed by atoms with Crippen molar-refractivity contribution in [2.24, 2.45) is 5.14 Å². The van der Waals surface area contributed by atoms with Gasteiger partial charge >= 0.3 is 0 Å². The molecule has 0 fully saturated rings. The smallest absolute Gasteiger partial charge is 0.246 e. The van der Waals surface area contributed by atoms with Crippen LogP contribution in [0.1, 0.15) is 5.56 Å². The van der Waals surface area contributed by atoms with Crippen LogP contribution in [0.3, 0.4) is 0 Å². The van der Waals surface area contributed by atoms with Crippen molar-refractivity contribution in [1.82, 2.24) is 20.2 Å². The summed E-state index contributed by atoms with van der Waals surface area (Å²) in [5.74, 6) is -0.539. The van der Waals surface area contributed by atoms with E-state index in [2.05, 4.69) is 20.8 Å². The third-order valence-corrected chi connectivity index (χ3v) is 3.04. The summed E-state index contributed by atoms with van der Waals surface area (Å²) in [6.45, 7) is -0.00801. The fourth-order valence-electron chi connectivity index (χ4n) is 1.52. The first kappa shape index (κ1) is 14.1. The molecule has 0 aliphatic carbocycles. The first-order chi connectivity index (χ1) is 9.42. The number of anilines is 1. The van der Waals surface area contributed by atoms with E-state index in [1.165, 1.54) is 11.0 Å². The predicted molar refractivity (Wildman–Crippen MR) is 69.7 cm³/mol. The van der Waals surface area contributed by atoms with Crippen molar-refractivity contribution in [2.75, 3.05) is 5.32 Å². The fourth-order valence-corrected chi connectivity index (χ4v) is 2.17. The highest BCUT2D eigenvalue weighted by atomic mass is 32.2. The molecule has 0 aliphatic rings. The van der Waals surface area contributed by atoms with Crippen LogP contribution < -0.4 is 10.5 Å². The molecule has 20 heavy (non-hydrogen) atoms. The number of nitrogens with zero attached hydrogens (tertiary/aromatic N) is 4. The molecule has 1 heterocycles. The van der Waals surface area contributed by atoms with Gasteiger partial charge in [-0.25, -0.2) is 18.2 Å². The summed E-state index contributed by atoms with van der Waals surface area (Å²) >= 11 is 0. The quantitative estimate of drug-likeness (QED) is 0.734. The average molecular weight is 296 g/mol. The van der Waals surface area contributed by atoms with Crippen LogP contribution in [0.2, 0.25) is 0 Å². The highest BCUT2D eigenvalue weighted by Crippen LogP contribution is 2.11. The molecule has 0 aliphatic heterocycles. The van der Waals surface area contributed by atoms with Crippen LogP contribution in [0.25, 0.3) is 0 Å². The number of carbonyl (C=O) groups excluding carboxylic acids is 1. The fraction of sp³-hybridized carbons (Fsp3) is 0.200. The number of sulfonamides is 1. The van der Waals surface area contributed by atoms with Crippen LogP contribution in [0.5, 0.6) is 0 Å². The van der Waals surface area contributed by atoms with Gasteiger partial charge in [-0.3, -0.25) is 4.79 Å². The van der Waals surface area contributed by atoms with E-state index in [9.17, 15) is 13.2 Å². The topological polar surface area (TPSA) is 133 Å². The van der Waals surface area contributed by atoms with Gasteiger partial charge in [0.2, 0.25) is 15.9 Å². The molecule has 0 saturated carbocycles. The molecule has 10 heteroatoms. The van der Waals surface area contributed by atoms with Crippen molar-refractivity contribution in [3.63, 3.8) is 0 Å². The first-order valence-electron chi connectivity index (χ1n) is 5.52. The number of amides is 1. The van der Waals surface area contributed by atoms with Gasteiger partial charge in [0.25, 0.3) is 0 Å². The van der Waals surface area contributed by atoms with Gasteiger partial charge in [-0.1, -0.05) is 12.1 Å². The third-order valence-electron chi connectivity index (χ3n) is 2.30. The summed E-state index contributed by atoms with van der Waals surface area (Å²) in [4.78, 5) is 11.7. The number of hydrogen-bond donors (Lipinski definition) is 2. The Balaban J connectivity index is 1.95. The minimum atomic E-state index is -3.56. The number of nitrogens with one attached hydrogen (secondary N) is 1. The van der Waals surface area contributed by atoms with Gasteiger partial charge in [0.1, 0.15) is 12.9 Å². The molecule has 3 N–H and O–H groups in total. The number of primary sulfonamides is 1. The second-order valence-corrected chi connectivity index (χ2v) is 5.67. The molecule has 9 nitrogen and oxygen atoms in total. The van der Waals surface area contributed by atoms with Gasteiger partial charge in [0.05, 0.1) is 5.75 Å². The van der Waals surface area contributed by atoms with Crippen molar-refractivity contribution in [3.05, 3.63) is 36.2 Å². The highest BCUT2D eigenvalue weighted by Gasteiger charge is 2.07. The maximum absolute atomic E-state index is 11.7. The second-order valence-electron chi connectivity index (χ2n) is 4.06. The van der Waals surface area contributed by atoms with E-state index < -0.39 is 10.0 Å². The minimum Gasteiger partial charge on any atom is -0.324 e. The molecule has 0 bridgehead atoms. The van der Waals surface area contributed by atoms with Crippen LogP contribution in [-0.4, -0.2) is 34.5 Å². The van der Waals surface area contributed by atoms with E-state index >= 15 is 0 Å². The Morgan fingerprint density at radius 1 is 1.30 bits per heavy atom. The van der Waals surface area contributed by atoms with Gasteiger partial charge in [-0.2, -0.15) is 0 Å². The van der Waals surface area contributed by atoms with Gasteiger partial charge in [-0.15, -0.1) is 5.10 Å². The number of tetrazole rings is 1. The number of nitrogens with two attached hydrogens (primary N) is 1. The van der Waals surface area contributed by atoms with Crippen molar-refractivity contribution in [3.8, 4) is 0 Å². The highest BCUT2D eigenvalue weighted by molar-refractivity contribution is 7.88. The van der Waals surface area contributed by atoms with E-state index in [0.29, 0.717) is 11.3 Å². The number of rotatable bonds is 5. The summed E-state index contributed by atoms with van der Waals surface area (Å²) in [6, 6.07) is 6.35. The maximum atomic E-state index is 11.7. The van der Waals surface area contributed by atoms with E-state index in [-0.39, 0.29) is 18.2 Å². The lowest BCUT2D eigenvalue weighted by atomic mass is 10.2. The van der Waals surface area contributed by atoms with E-state index in [0.717, 1.165) is 0 Å². The Labute approximate surface area is 114 Å². The van der Waals surface area contributed by atoms with Crippen molar-refractivity contribution in [2.45, 2.75) is 12.3 Å². The molecule has 0 saturated heterocycles. The Morgan fingerprint density at radius 3 is 2.55 bits per heavy atom. The van der Waals surface area contributed by atoms with Crippen LogP contribution in [-0.2, 0) is 27.1 Å². The molecule has 106 valence electrons. The van der Waals surface area contributed by atoms with Crippen molar-refractivity contribution in [1.29, 1.82) is 0 Å². The molecular weight excluding hydrogens is 284 g/mol. The molecule has 2 rings (SSSR count). The van der Waals surface area contributed by atoms with Gasteiger partial charge in [-0.05, 0) is 28.1 Å². The summed E-state index contributed by atoms with van der Waals surface area (Å²) in [7, 11) is -3.56. The Hall–Kier alpha value is -2.33. The third kappa shape index (κ3) is 4.40. The standard InChI is InChI=1S/C10H12N6O3S/c11-20(18,19)6-8-1-3-9(4-2-8)13-10(17)5-16-7-12-14-15-16/h1-4,7H,5-6H2,(H,13,17)(H2,11,18,19). The summed E-state index contributed by atoms with van der Waals surface area (Å²) < 4.78 is 23.1. The lowest BCUT2D eigenvalue weighted by Gasteiger charge is -2.06. The maximum Gasteiger partial charge on any atom is 0.246 e. The van der Waals surface area contributed by atoms with Crippen molar-refractivity contribution < 1.29 is 13.2 Å². The molecular formula is C10H12N6O3S. The van der Waals surface area contributed by atoms with Gasteiger partial charge < -0.3 is 5.32 Å². The molecule has 0 atom stereocenters. The van der Waals surface area contributed by atoms with E-state index in [1.807, 2.05) is 0 Å². The Bertz CT molecular complexity index is 680. The minimum absolute atomic E-state index is 0.00801. The monoisotopic (exact) mass is 296 g/mol. The van der Waals surface area contributed by atoms with Gasteiger partial charge in [0.15, 0.2) is 0 Å². The summed E-state index contributed by atoms with van der Waals surface area (Å²) in [5, 5.41) is 18.0. The number of hydrogen-bond acceptors (Lipinski definition) is 6. The van der Waals surface area contributed by atoms with Crippen LogP contribution in [0.4, 0.5) is 5.69 Å². The Morgan fingerprint density at radius 2 is 2.00 bits per heavy atom. The molecule has 0 spiro atoms. The number of aromatic nitrogens is 4. The molecule has 1 aromatic carbocycles. The lowest BCUT2D eigenvalue weighted by Crippen LogP contribution is -2.19. The van der Waals surface area contributed by atoms with Gasteiger partial charge in [0, 0.05) is 5.69 Å². The average Bonchev–Trinajstić information content (AvgIpc) is 2.82. The van der Waals surface area contributed by atoms with Crippen molar-refractivity contribution >= 4 is 21.6 Å². The van der Waals surface area contributed by atoms with E-state index in [4.69, 9.17) is 5.14 Å². The summed E-state index contributed by atoms with van der Waals surface area (Å²) in [5.41, 5.74) is 1.09. The van der Waals surface area contributed by atoms with Crippen LogP contribution in [0.15, 0.2) is 30.6 Å². The molecule has 1 amide bonds. The predicted octanol–water partition coefficient (Wildman–Crippen LogP) is -0.900. The van der Waals surface area contributed by atoms with Crippen LogP contribution >= 0.6 is 0 Å². The second kappa shape index (κ2) is 5.75. The molecule has 0 unspecified atom stereocenters. The number of carbonyl (C=O) groups is 1. The summed E-state index contributed by atoms with van der Waals surface area (Å²) in [6.07, 6.45) is 1.33. The molecule has 2 aromatic rings. The molecule has 1 aromatic heterocycles. The zero-order valence-electron chi connectivity index (χ0n) is 10.3. The largest absolute Gasteiger partial charge is 0.324 e. The zero-order chi connectivity index (χ0) is 14.6. The lowest BCUT2D eigenvalue weighted by molar-refractivity contribution is -0.116. The zero-order valence-corrected chi connectivity index (χ0v) is 11.1. The SMILES string of the molecule is NS(=O)(=O)Cc1ccc(NC(=O)Cn2cnnn2)cc1. The Kier molecular flexibility index (Phi) is 4.05. The van der Waals surface area contributed by atoms with Crippen LogP contribution in [0, 0.1) is 0 Å². The number of benzene rings is 1. The first-order valence-corrected chi connectivity index (χ1v) is 7.24. The molecule has 0 radical (unpaired) electrons. The normalized spacial score (nSPS) is 11.2. The van der Waals surface area contributed by atoms with E-state index in [1.54, 1.807) is 24.3 Å².